The van der Waals surface area contributed by atoms with Gasteiger partial charge in [-0.05, 0) is 24.3 Å². The summed E-state index contributed by atoms with van der Waals surface area (Å²) in [7, 11) is -7.52. The van der Waals surface area contributed by atoms with E-state index in [1.807, 2.05) is 0 Å². The smallest absolute Gasteiger partial charge is 0.243 e. The standard InChI is InChI=1S/C12H16BrNO6S2/c13-9-1-3-10(4-2-9)22(19,20)14(5-6-15)11-7-21(17,18)8-12(11)16/h1-4,11-12,15-16H,5-8H2/t11-,12+/m0/s1. The Morgan fingerprint density at radius 3 is 2.27 bits per heavy atom. The minimum absolute atomic E-state index is 0.0272. The summed E-state index contributed by atoms with van der Waals surface area (Å²) in [6, 6.07) is 4.75. The maximum atomic E-state index is 12.7. The van der Waals surface area contributed by atoms with E-state index in [2.05, 4.69) is 15.9 Å². The van der Waals surface area contributed by atoms with E-state index in [1.54, 1.807) is 12.1 Å². The third kappa shape index (κ3) is 3.69. The number of rotatable bonds is 5. The summed E-state index contributed by atoms with van der Waals surface area (Å²) in [4.78, 5) is -0.0272. The number of benzene rings is 1. The number of halogens is 1. The molecule has 22 heavy (non-hydrogen) atoms. The molecule has 1 aromatic carbocycles. The van der Waals surface area contributed by atoms with Crippen molar-refractivity contribution in [2.24, 2.45) is 0 Å². The molecule has 1 aliphatic heterocycles. The molecule has 0 bridgehead atoms. The lowest BCUT2D eigenvalue weighted by Gasteiger charge is -2.28. The van der Waals surface area contributed by atoms with Gasteiger partial charge in [0.2, 0.25) is 10.0 Å². The normalized spacial score (nSPS) is 24.7. The molecule has 1 aromatic rings. The van der Waals surface area contributed by atoms with Crippen molar-refractivity contribution in [1.29, 1.82) is 0 Å². The molecule has 1 aliphatic rings. The molecule has 0 spiro atoms. The molecule has 2 atom stereocenters. The Kier molecular flexibility index (Phi) is 5.30. The minimum Gasteiger partial charge on any atom is -0.395 e. The number of hydrogen-bond donors (Lipinski definition) is 2. The maximum absolute atomic E-state index is 12.7. The molecule has 1 fully saturated rings. The van der Waals surface area contributed by atoms with Gasteiger partial charge in [-0.2, -0.15) is 4.31 Å². The van der Waals surface area contributed by atoms with E-state index in [-0.39, 0.29) is 11.4 Å². The van der Waals surface area contributed by atoms with Crippen molar-refractivity contribution in [3.63, 3.8) is 0 Å². The maximum Gasteiger partial charge on any atom is 0.243 e. The second-order valence-electron chi connectivity index (χ2n) is 5.00. The molecule has 0 unspecified atom stereocenters. The van der Waals surface area contributed by atoms with Crippen molar-refractivity contribution in [1.82, 2.24) is 4.31 Å². The molecule has 10 heteroatoms. The lowest BCUT2D eigenvalue weighted by atomic mass is 10.2. The highest BCUT2D eigenvalue weighted by atomic mass is 79.9. The van der Waals surface area contributed by atoms with Crippen molar-refractivity contribution >= 4 is 35.8 Å². The van der Waals surface area contributed by atoms with Crippen LogP contribution in [0.5, 0.6) is 0 Å². The zero-order valence-corrected chi connectivity index (χ0v) is 14.7. The van der Waals surface area contributed by atoms with Crippen LogP contribution in [0.15, 0.2) is 33.6 Å². The Morgan fingerprint density at radius 1 is 1.23 bits per heavy atom. The number of sulfone groups is 1. The number of aliphatic hydroxyl groups excluding tert-OH is 2. The molecule has 0 aliphatic carbocycles. The summed E-state index contributed by atoms with van der Waals surface area (Å²) in [5, 5.41) is 19.0. The van der Waals surface area contributed by atoms with Gasteiger partial charge in [0.25, 0.3) is 0 Å². The predicted molar refractivity (Wildman–Crippen MR) is 83.6 cm³/mol. The molecule has 124 valence electrons. The highest BCUT2D eigenvalue weighted by Gasteiger charge is 2.44. The van der Waals surface area contributed by atoms with E-state index < -0.39 is 50.1 Å². The largest absolute Gasteiger partial charge is 0.395 e. The Hall–Kier alpha value is -0.520. The Labute approximate surface area is 137 Å². The number of hydrogen-bond acceptors (Lipinski definition) is 6. The van der Waals surface area contributed by atoms with Gasteiger partial charge in [0.05, 0.1) is 35.2 Å². The molecular formula is C12H16BrNO6S2. The third-order valence-corrected chi connectivity index (χ3v) is 7.57. The van der Waals surface area contributed by atoms with Crippen molar-refractivity contribution in [3.8, 4) is 0 Å². The van der Waals surface area contributed by atoms with E-state index >= 15 is 0 Å². The van der Waals surface area contributed by atoms with Crippen LogP contribution >= 0.6 is 15.9 Å². The molecule has 1 heterocycles. The fourth-order valence-electron chi connectivity index (χ4n) is 2.39. The van der Waals surface area contributed by atoms with Crippen molar-refractivity contribution in [3.05, 3.63) is 28.7 Å². The van der Waals surface area contributed by atoms with Crippen LogP contribution in [-0.4, -0.2) is 68.2 Å². The number of aliphatic hydroxyl groups is 2. The molecule has 0 aromatic heterocycles. The fraction of sp³-hybridized carbons (Fsp3) is 0.500. The molecule has 0 saturated carbocycles. The van der Waals surface area contributed by atoms with Crippen LogP contribution in [0.25, 0.3) is 0 Å². The van der Waals surface area contributed by atoms with Gasteiger partial charge in [-0.1, -0.05) is 15.9 Å². The van der Waals surface area contributed by atoms with E-state index in [0.29, 0.717) is 4.47 Å². The summed E-state index contributed by atoms with van der Waals surface area (Å²) in [5.74, 6) is -0.931. The lowest BCUT2D eigenvalue weighted by molar-refractivity contribution is 0.117. The predicted octanol–water partition coefficient (Wildman–Crippen LogP) is -0.410. The highest BCUT2D eigenvalue weighted by molar-refractivity contribution is 9.10. The first-order valence-corrected chi connectivity index (χ1v) is 10.5. The highest BCUT2D eigenvalue weighted by Crippen LogP contribution is 2.26. The first-order valence-electron chi connectivity index (χ1n) is 6.44. The van der Waals surface area contributed by atoms with Crippen LogP contribution in [0.4, 0.5) is 0 Å². The van der Waals surface area contributed by atoms with Crippen LogP contribution in [0.1, 0.15) is 0 Å². The van der Waals surface area contributed by atoms with Gasteiger partial charge < -0.3 is 10.2 Å². The van der Waals surface area contributed by atoms with E-state index in [1.165, 1.54) is 12.1 Å². The zero-order chi connectivity index (χ0) is 16.5. The summed E-state index contributed by atoms with van der Waals surface area (Å²) < 4.78 is 50.1. The van der Waals surface area contributed by atoms with Gasteiger partial charge in [0, 0.05) is 11.0 Å². The summed E-state index contributed by atoms with van der Waals surface area (Å²) >= 11 is 3.20. The van der Waals surface area contributed by atoms with Gasteiger partial charge in [-0.3, -0.25) is 0 Å². The number of sulfonamides is 1. The topological polar surface area (TPSA) is 112 Å². The quantitative estimate of drug-likeness (QED) is 0.678. The Balaban J connectivity index is 2.41. The van der Waals surface area contributed by atoms with Gasteiger partial charge in [0.15, 0.2) is 9.84 Å². The molecule has 7 nitrogen and oxygen atoms in total. The van der Waals surface area contributed by atoms with E-state index in [9.17, 15) is 21.9 Å². The fourth-order valence-corrected chi connectivity index (χ4v) is 6.19. The van der Waals surface area contributed by atoms with Gasteiger partial charge in [0.1, 0.15) is 0 Å². The van der Waals surface area contributed by atoms with Crippen LogP contribution < -0.4 is 0 Å². The van der Waals surface area contributed by atoms with Crippen molar-refractivity contribution in [2.75, 3.05) is 24.7 Å². The van der Waals surface area contributed by atoms with Crippen LogP contribution in [0.3, 0.4) is 0 Å². The average Bonchev–Trinajstić information content (AvgIpc) is 2.69. The van der Waals surface area contributed by atoms with Crippen molar-refractivity contribution < 1.29 is 27.0 Å². The SMILES string of the molecule is O=S1(=O)C[C@@H](O)[C@@H](N(CCO)S(=O)(=O)c2ccc(Br)cc2)C1. The summed E-state index contributed by atoms with van der Waals surface area (Å²) in [5.41, 5.74) is 0. The first-order chi connectivity index (χ1) is 10.2. The summed E-state index contributed by atoms with van der Waals surface area (Å²) in [6.07, 6.45) is -1.30. The second kappa shape index (κ2) is 6.54. The van der Waals surface area contributed by atoms with Crippen LogP contribution in [0, 0.1) is 0 Å². The van der Waals surface area contributed by atoms with Crippen LogP contribution in [-0.2, 0) is 19.9 Å². The van der Waals surface area contributed by atoms with Gasteiger partial charge in [-0.15, -0.1) is 0 Å². The lowest BCUT2D eigenvalue weighted by Crippen LogP contribution is -2.47. The zero-order valence-electron chi connectivity index (χ0n) is 11.5. The molecule has 2 rings (SSSR count). The summed E-state index contributed by atoms with van der Waals surface area (Å²) in [6.45, 7) is -0.755. The Bertz CT molecular complexity index is 731. The Morgan fingerprint density at radius 2 is 1.82 bits per heavy atom. The van der Waals surface area contributed by atoms with Gasteiger partial charge in [-0.25, -0.2) is 16.8 Å². The molecule has 2 N–H and O–H groups in total. The number of nitrogens with zero attached hydrogens (tertiary/aromatic N) is 1. The second-order valence-corrected chi connectivity index (χ2v) is 9.96. The third-order valence-electron chi connectivity index (χ3n) is 3.40. The average molecular weight is 414 g/mol. The molecule has 0 amide bonds. The van der Waals surface area contributed by atoms with Crippen LogP contribution in [0.2, 0.25) is 0 Å². The molecule has 1 saturated heterocycles. The van der Waals surface area contributed by atoms with Gasteiger partial charge >= 0.3 is 0 Å². The first kappa shape index (κ1) is 17.8. The monoisotopic (exact) mass is 413 g/mol. The molecular weight excluding hydrogens is 398 g/mol. The van der Waals surface area contributed by atoms with Crippen molar-refractivity contribution in [2.45, 2.75) is 17.0 Å². The minimum atomic E-state index is -4.02. The van der Waals surface area contributed by atoms with E-state index in [0.717, 1.165) is 4.31 Å². The molecule has 0 radical (unpaired) electrons. The van der Waals surface area contributed by atoms with E-state index in [4.69, 9.17) is 5.11 Å².